The number of β-lactam (4-membered cyclic amide) rings is 1. The van der Waals surface area contributed by atoms with E-state index in [9.17, 15) is 39.7 Å². The van der Waals surface area contributed by atoms with E-state index in [0.29, 0.717) is 15.9 Å². The van der Waals surface area contributed by atoms with Crippen LogP contribution < -0.4 is 21.2 Å². The summed E-state index contributed by atoms with van der Waals surface area (Å²) < 4.78 is 11.3. The fourth-order valence-corrected chi connectivity index (χ4v) is 12.2. The molecule has 0 saturated carbocycles. The zero-order valence-electron chi connectivity index (χ0n) is 31.0. The van der Waals surface area contributed by atoms with Crippen LogP contribution in [0.5, 0.6) is 0 Å². The Bertz CT molecular complexity index is 2220. The van der Waals surface area contributed by atoms with Crippen LogP contribution in [0, 0.1) is 26.1 Å². The van der Waals surface area contributed by atoms with Crippen LogP contribution in [0.2, 0.25) is 0 Å². The number of amides is 2. The molecule has 0 bridgehead atoms. The lowest BCUT2D eigenvalue weighted by molar-refractivity contribution is -0.386. The molecule has 2 amide bonds. The van der Waals surface area contributed by atoms with Gasteiger partial charge in [-0.25, -0.2) is 9.59 Å². The van der Waals surface area contributed by atoms with Crippen LogP contribution in [0.25, 0.3) is 0 Å². The molecular formula is C42H38N4O11P+. The van der Waals surface area contributed by atoms with E-state index in [1.165, 1.54) is 48.2 Å². The molecule has 1 fully saturated rings. The van der Waals surface area contributed by atoms with Gasteiger partial charge in [0.15, 0.2) is 0 Å². The number of esters is 1. The molecule has 0 radical (unpaired) electrons. The first-order chi connectivity index (χ1) is 27.9. The number of hydrogen-bond donors (Lipinski definition) is 2. The number of nitrogens with zero attached hydrogens (tertiary/aromatic N) is 3. The Morgan fingerprint density at radius 1 is 0.707 bits per heavy atom. The molecule has 0 spiro atoms. The number of nitrogens with one attached hydrogen (secondary N) is 1. The third-order valence-electron chi connectivity index (χ3n) is 10.0. The molecule has 5 aromatic carbocycles. The highest BCUT2D eigenvalue weighted by atomic mass is 31.2. The maximum atomic E-state index is 15.1. The van der Waals surface area contributed by atoms with Crippen molar-refractivity contribution in [1.29, 1.82) is 0 Å². The van der Waals surface area contributed by atoms with Gasteiger partial charge in [-0.05, 0) is 55.5 Å². The molecule has 1 heterocycles. The van der Waals surface area contributed by atoms with Gasteiger partial charge >= 0.3 is 18.0 Å². The topological polar surface area (TPSA) is 209 Å². The highest BCUT2D eigenvalue weighted by Gasteiger charge is 2.67. The monoisotopic (exact) mass is 805 g/mol. The number of para-hydroxylation sites is 2. The predicted octanol–water partition coefficient (Wildman–Crippen LogP) is 5.48. The number of carbonyl (C=O) groups excluding carboxylic acids is 3. The van der Waals surface area contributed by atoms with Crippen molar-refractivity contribution in [3.05, 3.63) is 171 Å². The normalized spacial score (nSPS) is 15.9. The maximum absolute atomic E-state index is 15.1. The van der Waals surface area contributed by atoms with Crippen LogP contribution in [-0.2, 0) is 37.1 Å². The third kappa shape index (κ3) is 8.25. The Labute approximate surface area is 332 Å². The lowest BCUT2D eigenvalue weighted by atomic mass is 9.80. The van der Waals surface area contributed by atoms with Gasteiger partial charge in [0.2, 0.25) is 5.91 Å². The number of alkyl carbamates (subject to hydrolysis) is 1. The number of aliphatic carboxylic acids is 1. The van der Waals surface area contributed by atoms with E-state index < -0.39 is 84.5 Å². The highest BCUT2D eigenvalue weighted by Crippen LogP contribution is 2.63. The molecule has 15 nitrogen and oxygen atoms in total. The van der Waals surface area contributed by atoms with E-state index >= 15 is 4.79 Å². The lowest BCUT2D eigenvalue weighted by Gasteiger charge is -2.52. The molecule has 2 N–H and O–H groups in total. The van der Waals surface area contributed by atoms with Gasteiger partial charge in [0.25, 0.3) is 17.2 Å². The summed E-state index contributed by atoms with van der Waals surface area (Å²) >= 11 is 0. The summed E-state index contributed by atoms with van der Waals surface area (Å²) in [6, 6.07) is 36.5. The van der Waals surface area contributed by atoms with Crippen molar-refractivity contribution in [3.8, 4) is 0 Å². The van der Waals surface area contributed by atoms with Crippen molar-refractivity contribution >= 4 is 58.5 Å². The van der Waals surface area contributed by atoms with Crippen molar-refractivity contribution in [2.45, 2.75) is 44.4 Å². The van der Waals surface area contributed by atoms with Crippen LogP contribution in [0.1, 0.15) is 24.5 Å². The Morgan fingerprint density at radius 2 is 1.12 bits per heavy atom. The first-order valence-corrected chi connectivity index (χ1v) is 19.9. The Hall–Kier alpha value is -6.99. The van der Waals surface area contributed by atoms with Crippen molar-refractivity contribution in [3.63, 3.8) is 0 Å². The number of carboxylic acid groups (broad SMARTS) is 1. The molecule has 0 aromatic heterocycles. The summed E-state index contributed by atoms with van der Waals surface area (Å²) in [6.07, 6.45) is -1.63. The molecule has 1 aliphatic rings. The van der Waals surface area contributed by atoms with E-state index in [-0.39, 0.29) is 22.5 Å². The van der Waals surface area contributed by atoms with Crippen molar-refractivity contribution in [2.75, 3.05) is 0 Å². The third-order valence-corrected chi connectivity index (χ3v) is 14.5. The maximum Gasteiger partial charge on any atom is 0.407 e. The van der Waals surface area contributed by atoms with Gasteiger partial charge in [0.1, 0.15) is 36.4 Å². The first-order valence-electron chi connectivity index (χ1n) is 18.1. The number of hydrogen-bond acceptors (Lipinski definition) is 10. The lowest BCUT2D eigenvalue weighted by Crippen LogP contribution is -2.72. The highest BCUT2D eigenvalue weighted by molar-refractivity contribution is 7.96. The standard InChI is InChI=1S/C42H37N4O11P/c1-28(43-42(51)57-27-30-16-12-14-24-35(30)46(54)55)38-36(25-37(47)48)44(39(38)49)40(41(50)56-26-29-15-11-13-23-34(29)45(52)53)58(31-17-5-2-6-18-31,32-19-7-3-8-20-32)33-21-9-4-10-22-33/h2-24,28,36,38,40H,25-27H2,1H3,(H-,43,47,48,51)/p+1. The van der Waals surface area contributed by atoms with Crippen molar-refractivity contribution < 1.29 is 43.6 Å². The fourth-order valence-electron chi connectivity index (χ4n) is 7.47. The number of benzene rings is 5. The molecule has 5 aromatic rings. The summed E-state index contributed by atoms with van der Waals surface area (Å²) in [7, 11) is -3.42. The van der Waals surface area contributed by atoms with Gasteiger partial charge in [-0.2, -0.15) is 0 Å². The van der Waals surface area contributed by atoms with Crippen molar-refractivity contribution in [1.82, 2.24) is 10.2 Å². The SMILES string of the molecule is CC(NC(=O)OCc1ccccc1[N+](=O)[O-])C1C(=O)N(C(C(=O)OCc2ccccc2[N+](=O)[O-])[P+](c2ccccc2)(c2ccccc2)c2ccccc2)C1CC(=O)O. The Balaban J connectivity index is 1.44. The number of carbonyl (C=O) groups is 4. The average molecular weight is 806 g/mol. The van der Waals surface area contributed by atoms with Crippen LogP contribution in [-0.4, -0.2) is 61.7 Å². The van der Waals surface area contributed by atoms with Gasteiger partial charge in [-0.3, -0.25) is 34.7 Å². The molecule has 6 rings (SSSR count). The van der Waals surface area contributed by atoms with E-state index in [2.05, 4.69) is 5.32 Å². The van der Waals surface area contributed by atoms with Crippen LogP contribution in [0.3, 0.4) is 0 Å². The van der Waals surface area contributed by atoms with Gasteiger partial charge < -0.3 is 19.9 Å². The van der Waals surface area contributed by atoms with E-state index in [4.69, 9.17) is 9.47 Å². The second kappa shape index (κ2) is 17.9. The van der Waals surface area contributed by atoms with Crippen LogP contribution >= 0.6 is 7.26 Å². The number of nitro benzene ring substituents is 2. The van der Waals surface area contributed by atoms with E-state index in [1.807, 2.05) is 36.4 Å². The number of rotatable bonds is 16. The second-order valence-corrected chi connectivity index (χ2v) is 16.9. The minimum atomic E-state index is -3.42. The van der Waals surface area contributed by atoms with Crippen LogP contribution in [0.4, 0.5) is 16.2 Å². The Morgan fingerprint density at radius 3 is 1.55 bits per heavy atom. The van der Waals surface area contributed by atoms with Gasteiger partial charge in [0, 0.05) is 18.2 Å². The quantitative estimate of drug-likeness (QED) is 0.0419. The molecule has 1 aliphatic heterocycles. The minimum absolute atomic E-state index is 0.106. The number of nitro groups is 2. The zero-order valence-corrected chi connectivity index (χ0v) is 31.9. The minimum Gasteiger partial charge on any atom is -0.481 e. The van der Waals surface area contributed by atoms with E-state index in [1.54, 1.807) is 66.7 Å². The smallest absolute Gasteiger partial charge is 0.407 e. The van der Waals surface area contributed by atoms with Gasteiger partial charge in [-0.1, -0.05) is 78.9 Å². The second-order valence-electron chi connectivity index (χ2n) is 13.4. The number of likely N-dealkylation sites (tertiary alicyclic amines) is 1. The largest absolute Gasteiger partial charge is 0.481 e. The summed E-state index contributed by atoms with van der Waals surface area (Å²) in [6.45, 7) is 0.519. The van der Waals surface area contributed by atoms with Gasteiger partial charge in [0.05, 0.1) is 39.4 Å². The number of ether oxygens (including phenoxy) is 2. The summed E-state index contributed by atoms with van der Waals surface area (Å²) in [5.74, 6) is -5.51. The molecule has 4 unspecified atom stereocenters. The molecule has 1 saturated heterocycles. The molecule has 16 heteroatoms. The molecule has 0 aliphatic carbocycles. The molecule has 58 heavy (non-hydrogen) atoms. The predicted molar refractivity (Wildman–Crippen MR) is 214 cm³/mol. The summed E-state index contributed by atoms with van der Waals surface area (Å²) in [4.78, 5) is 78.9. The fraction of sp³-hybridized carbons (Fsp3) is 0.190. The summed E-state index contributed by atoms with van der Waals surface area (Å²) in [5, 5.41) is 38.2. The first kappa shape index (κ1) is 40.7. The van der Waals surface area contributed by atoms with Crippen molar-refractivity contribution in [2.24, 2.45) is 5.92 Å². The molecule has 4 atom stereocenters. The van der Waals surface area contributed by atoms with Crippen LogP contribution in [0.15, 0.2) is 140 Å². The summed E-state index contributed by atoms with van der Waals surface area (Å²) in [5.41, 5.74) is -0.291. The molecular weight excluding hydrogens is 767 g/mol. The van der Waals surface area contributed by atoms with Gasteiger partial charge in [-0.15, -0.1) is 0 Å². The average Bonchev–Trinajstić information content (AvgIpc) is 3.23. The zero-order chi connectivity index (χ0) is 41.4. The Kier molecular flexibility index (Phi) is 12.5. The van der Waals surface area contributed by atoms with E-state index in [0.717, 1.165) is 0 Å². The number of carboxylic acids is 1. The molecule has 296 valence electrons.